The van der Waals surface area contributed by atoms with E-state index in [1.807, 2.05) is 24.5 Å². The highest BCUT2D eigenvalue weighted by Gasteiger charge is 2.17. The highest BCUT2D eigenvalue weighted by Crippen LogP contribution is 2.37. The monoisotopic (exact) mass is 361 g/mol. The van der Waals surface area contributed by atoms with Crippen LogP contribution in [0.15, 0.2) is 48.8 Å². The smallest absolute Gasteiger partial charge is 0.231 e. The zero-order chi connectivity index (χ0) is 18.2. The summed E-state index contributed by atoms with van der Waals surface area (Å²) in [5.41, 5.74) is 9.57. The first-order valence-electron chi connectivity index (χ1n) is 9.51. The molecule has 0 aliphatic carbocycles. The Morgan fingerprint density at radius 2 is 1.85 bits per heavy atom. The minimum atomic E-state index is 0.288. The van der Waals surface area contributed by atoms with E-state index in [2.05, 4.69) is 34.1 Å². The van der Waals surface area contributed by atoms with Crippen molar-refractivity contribution in [2.45, 2.75) is 25.4 Å². The maximum atomic E-state index is 6.03. The molecule has 5 rings (SSSR count). The van der Waals surface area contributed by atoms with Gasteiger partial charge in [0, 0.05) is 35.9 Å². The summed E-state index contributed by atoms with van der Waals surface area (Å²) in [6.07, 6.45) is 6.03. The largest absolute Gasteiger partial charge is 0.454 e. The van der Waals surface area contributed by atoms with Crippen LogP contribution in [0.5, 0.6) is 11.5 Å². The fourth-order valence-corrected chi connectivity index (χ4v) is 3.97. The first kappa shape index (κ1) is 16.5. The second-order valence-corrected chi connectivity index (χ2v) is 7.42. The normalized spacial score (nSPS) is 17.5. The predicted octanol–water partition coefficient (Wildman–Crippen LogP) is 3.55. The zero-order valence-corrected chi connectivity index (χ0v) is 15.2. The average molecular weight is 361 g/mol. The molecule has 2 aliphatic rings. The molecule has 0 atom stereocenters. The van der Waals surface area contributed by atoms with Crippen molar-refractivity contribution in [3.05, 3.63) is 54.4 Å². The zero-order valence-electron chi connectivity index (χ0n) is 15.2. The van der Waals surface area contributed by atoms with Crippen molar-refractivity contribution in [1.29, 1.82) is 0 Å². The summed E-state index contributed by atoms with van der Waals surface area (Å²) in [5.74, 6) is 1.60. The van der Waals surface area contributed by atoms with Crippen molar-refractivity contribution in [1.82, 2.24) is 9.88 Å². The van der Waals surface area contributed by atoms with Crippen LogP contribution in [0.2, 0.25) is 0 Å². The molecule has 1 saturated heterocycles. The van der Waals surface area contributed by atoms with Gasteiger partial charge in [-0.1, -0.05) is 18.2 Å². The molecule has 2 aromatic carbocycles. The number of fused-ring (bicyclic) bond motifs is 2. The minimum Gasteiger partial charge on any atom is -0.454 e. The molecular formula is C22H23N3O2. The Morgan fingerprint density at radius 3 is 2.74 bits per heavy atom. The Kier molecular flexibility index (Phi) is 4.19. The predicted molar refractivity (Wildman–Crippen MR) is 106 cm³/mol. The van der Waals surface area contributed by atoms with Gasteiger partial charge in [-0.3, -0.25) is 9.88 Å². The minimum absolute atomic E-state index is 0.288. The first-order chi connectivity index (χ1) is 13.3. The molecule has 5 nitrogen and oxygen atoms in total. The molecular weight excluding hydrogens is 338 g/mol. The van der Waals surface area contributed by atoms with Crippen molar-refractivity contribution in [2.24, 2.45) is 5.73 Å². The molecule has 27 heavy (non-hydrogen) atoms. The summed E-state index contributed by atoms with van der Waals surface area (Å²) in [4.78, 5) is 6.93. The van der Waals surface area contributed by atoms with E-state index < -0.39 is 0 Å². The third-order valence-corrected chi connectivity index (χ3v) is 5.55. The number of benzene rings is 2. The van der Waals surface area contributed by atoms with Gasteiger partial charge in [-0.05, 0) is 60.6 Å². The molecule has 2 N–H and O–H groups in total. The van der Waals surface area contributed by atoms with E-state index in [0.29, 0.717) is 6.04 Å². The second kappa shape index (κ2) is 6.83. The molecule has 0 amide bonds. The third-order valence-electron chi connectivity index (χ3n) is 5.55. The van der Waals surface area contributed by atoms with Crippen LogP contribution in [0.25, 0.3) is 21.9 Å². The highest BCUT2D eigenvalue weighted by molar-refractivity contribution is 5.96. The van der Waals surface area contributed by atoms with Gasteiger partial charge in [-0.15, -0.1) is 0 Å². The molecule has 5 heteroatoms. The van der Waals surface area contributed by atoms with Crippen molar-refractivity contribution in [2.75, 3.05) is 19.9 Å². The molecule has 2 aliphatic heterocycles. The van der Waals surface area contributed by atoms with E-state index >= 15 is 0 Å². The van der Waals surface area contributed by atoms with E-state index in [-0.39, 0.29) is 6.79 Å². The Morgan fingerprint density at radius 1 is 1.00 bits per heavy atom. The van der Waals surface area contributed by atoms with Crippen LogP contribution in [-0.2, 0) is 6.54 Å². The van der Waals surface area contributed by atoms with Crippen LogP contribution in [0, 0.1) is 0 Å². The number of hydrogen-bond donors (Lipinski definition) is 1. The van der Waals surface area contributed by atoms with Crippen molar-refractivity contribution >= 4 is 10.8 Å². The van der Waals surface area contributed by atoms with Gasteiger partial charge in [0.2, 0.25) is 6.79 Å². The lowest BCUT2D eigenvalue weighted by molar-refractivity contribution is 0.174. The molecule has 0 saturated carbocycles. The van der Waals surface area contributed by atoms with Crippen LogP contribution in [0.3, 0.4) is 0 Å². The van der Waals surface area contributed by atoms with Crippen molar-refractivity contribution in [3.8, 4) is 22.6 Å². The fraction of sp³-hybridized carbons (Fsp3) is 0.318. The number of nitrogens with zero attached hydrogens (tertiary/aromatic N) is 2. The number of hydrogen-bond acceptors (Lipinski definition) is 5. The van der Waals surface area contributed by atoms with Crippen LogP contribution < -0.4 is 15.2 Å². The van der Waals surface area contributed by atoms with Crippen LogP contribution in [-0.4, -0.2) is 35.8 Å². The molecule has 0 radical (unpaired) electrons. The summed E-state index contributed by atoms with van der Waals surface area (Å²) in [6.45, 7) is 3.40. The third kappa shape index (κ3) is 3.24. The van der Waals surface area contributed by atoms with E-state index in [0.717, 1.165) is 60.5 Å². The van der Waals surface area contributed by atoms with Gasteiger partial charge in [-0.2, -0.15) is 0 Å². The number of rotatable bonds is 3. The molecule has 0 unspecified atom stereocenters. The molecule has 138 valence electrons. The summed E-state index contributed by atoms with van der Waals surface area (Å²) in [7, 11) is 0. The number of pyridine rings is 1. The number of nitrogens with two attached hydrogens (primary N) is 1. The standard InChI is InChI=1S/C22H23N3O2/c23-18-5-7-25(8-6-18)13-15-1-2-17-11-24-12-20(19(17)9-15)16-3-4-21-22(10-16)27-14-26-21/h1-4,9-12,18H,5-8,13-14,23H2. The highest BCUT2D eigenvalue weighted by atomic mass is 16.7. The number of ether oxygens (including phenoxy) is 2. The van der Waals surface area contributed by atoms with Crippen molar-refractivity contribution < 1.29 is 9.47 Å². The lowest BCUT2D eigenvalue weighted by Gasteiger charge is -2.30. The SMILES string of the molecule is NC1CCN(Cc2ccc3cncc(-c4ccc5c(c4)OCO5)c3c2)CC1. The van der Waals surface area contributed by atoms with E-state index in [4.69, 9.17) is 15.2 Å². The van der Waals surface area contributed by atoms with E-state index in [1.54, 1.807) is 0 Å². The van der Waals surface area contributed by atoms with Gasteiger partial charge in [0.15, 0.2) is 11.5 Å². The molecule has 1 fully saturated rings. The van der Waals surface area contributed by atoms with E-state index in [1.165, 1.54) is 10.9 Å². The Balaban J connectivity index is 1.49. The maximum Gasteiger partial charge on any atom is 0.231 e. The fourth-order valence-electron chi connectivity index (χ4n) is 3.97. The molecule has 1 aromatic heterocycles. The summed E-state index contributed by atoms with van der Waals surface area (Å²) in [6, 6.07) is 13.1. The van der Waals surface area contributed by atoms with Crippen LogP contribution >= 0.6 is 0 Å². The molecule has 0 bridgehead atoms. The van der Waals surface area contributed by atoms with Gasteiger partial charge in [0.1, 0.15) is 0 Å². The van der Waals surface area contributed by atoms with Gasteiger partial charge >= 0.3 is 0 Å². The van der Waals surface area contributed by atoms with Crippen molar-refractivity contribution in [3.63, 3.8) is 0 Å². The molecule has 0 spiro atoms. The number of likely N-dealkylation sites (tertiary alicyclic amines) is 1. The van der Waals surface area contributed by atoms with Gasteiger partial charge in [0.25, 0.3) is 0 Å². The average Bonchev–Trinajstić information content (AvgIpc) is 3.17. The van der Waals surface area contributed by atoms with E-state index in [9.17, 15) is 0 Å². The molecule has 3 heterocycles. The Hall–Kier alpha value is -2.63. The Labute approximate surface area is 158 Å². The maximum absolute atomic E-state index is 6.03. The quantitative estimate of drug-likeness (QED) is 0.773. The van der Waals surface area contributed by atoms with Crippen LogP contribution in [0.4, 0.5) is 0 Å². The first-order valence-corrected chi connectivity index (χ1v) is 9.51. The summed E-state index contributed by atoms with van der Waals surface area (Å²) >= 11 is 0. The topological polar surface area (TPSA) is 60.6 Å². The van der Waals surface area contributed by atoms with Gasteiger partial charge < -0.3 is 15.2 Å². The summed E-state index contributed by atoms with van der Waals surface area (Å²) < 4.78 is 11.0. The van der Waals surface area contributed by atoms with Crippen LogP contribution in [0.1, 0.15) is 18.4 Å². The number of piperidine rings is 1. The Bertz CT molecular complexity index is 980. The lowest BCUT2D eigenvalue weighted by Crippen LogP contribution is -2.39. The summed E-state index contributed by atoms with van der Waals surface area (Å²) in [5, 5.41) is 2.37. The number of aromatic nitrogens is 1. The van der Waals surface area contributed by atoms with Gasteiger partial charge in [0.05, 0.1) is 0 Å². The van der Waals surface area contributed by atoms with Gasteiger partial charge in [-0.25, -0.2) is 0 Å². The molecule has 3 aromatic rings. The second-order valence-electron chi connectivity index (χ2n) is 7.42. The lowest BCUT2D eigenvalue weighted by atomic mass is 9.98.